The summed E-state index contributed by atoms with van der Waals surface area (Å²) in [6.07, 6.45) is 1.70. The van der Waals surface area contributed by atoms with Crippen molar-refractivity contribution in [2.45, 2.75) is 38.2 Å². The fourth-order valence-electron chi connectivity index (χ4n) is 2.00. The molecule has 0 atom stereocenters. The Morgan fingerprint density at radius 1 is 1.26 bits per heavy atom. The van der Waals surface area contributed by atoms with Gasteiger partial charge in [0.15, 0.2) is 0 Å². The molecule has 0 spiro atoms. The first-order valence-corrected chi connectivity index (χ1v) is 7.44. The number of nitrogens with zero attached hydrogens (tertiary/aromatic N) is 1. The third-order valence-electron chi connectivity index (χ3n) is 2.77. The Balaban J connectivity index is 2.52. The lowest BCUT2D eigenvalue weighted by Gasteiger charge is -2.20. The maximum absolute atomic E-state index is 12.3. The van der Waals surface area contributed by atoms with E-state index in [2.05, 4.69) is 6.07 Å². The van der Waals surface area contributed by atoms with Gasteiger partial charge < -0.3 is 4.74 Å². The van der Waals surface area contributed by atoms with Crippen LogP contribution in [0.25, 0.3) is 10.9 Å². The predicted molar refractivity (Wildman–Crippen MR) is 80.1 cm³/mol. The fourth-order valence-corrected chi connectivity index (χ4v) is 2.43. The zero-order valence-electron chi connectivity index (χ0n) is 12.0. The van der Waals surface area contributed by atoms with Crippen molar-refractivity contribution in [3.63, 3.8) is 0 Å². The van der Waals surface area contributed by atoms with Gasteiger partial charge in [0.25, 0.3) is 0 Å². The van der Waals surface area contributed by atoms with Crippen molar-refractivity contribution in [2.24, 2.45) is 0 Å². The van der Waals surface area contributed by atoms with Crippen LogP contribution in [0, 0.1) is 6.92 Å². The monoisotopic (exact) mass is 277 g/mol. The van der Waals surface area contributed by atoms with Gasteiger partial charge in [0.1, 0.15) is 5.60 Å². The Hall–Kier alpha value is -1.42. The SMILES string of the molecule is CSc1ccc2cc(C)n(C(=O)OC(C)(C)C)c2c1. The second-order valence-electron chi connectivity index (χ2n) is 5.53. The molecule has 3 nitrogen and oxygen atoms in total. The molecule has 1 aromatic carbocycles. The highest BCUT2D eigenvalue weighted by Crippen LogP contribution is 2.26. The topological polar surface area (TPSA) is 31.2 Å². The minimum absolute atomic E-state index is 0.321. The number of thioether (sulfide) groups is 1. The number of fused-ring (bicyclic) bond motifs is 1. The molecular formula is C15H19NO2S. The molecule has 0 saturated carbocycles. The molecule has 1 aromatic heterocycles. The summed E-state index contributed by atoms with van der Waals surface area (Å²) >= 11 is 1.66. The summed E-state index contributed by atoms with van der Waals surface area (Å²) in [5, 5.41) is 1.06. The Morgan fingerprint density at radius 3 is 2.53 bits per heavy atom. The maximum atomic E-state index is 12.3. The molecule has 2 aromatic rings. The van der Waals surface area contributed by atoms with Gasteiger partial charge in [-0.05, 0) is 52.1 Å². The molecule has 0 N–H and O–H groups in total. The number of benzene rings is 1. The standard InChI is InChI=1S/C15H19NO2S/c1-10-8-11-6-7-12(19-5)9-13(11)16(10)14(17)18-15(2,3)4/h6-9H,1-5H3. The fraction of sp³-hybridized carbons (Fsp3) is 0.400. The zero-order chi connectivity index (χ0) is 14.2. The molecule has 0 aliphatic carbocycles. The van der Waals surface area contributed by atoms with Gasteiger partial charge in [0, 0.05) is 16.0 Å². The summed E-state index contributed by atoms with van der Waals surface area (Å²) in [7, 11) is 0. The average Bonchev–Trinajstić information content (AvgIpc) is 2.61. The molecule has 0 unspecified atom stereocenters. The molecule has 0 saturated heterocycles. The number of aryl methyl sites for hydroxylation is 1. The number of carbonyl (C=O) groups is 1. The highest BCUT2D eigenvalue weighted by atomic mass is 32.2. The van der Waals surface area contributed by atoms with Gasteiger partial charge in [-0.15, -0.1) is 11.8 Å². The van der Waals surface area contributed by atoms with E-state index in [9.17, 15) is 4.79 Å². The van der Waals surface area contributed by atoms with E-state index in [0.717, 1.165) is 21.5 Å². The number of rotatable bonds is 1. The molecule has 0 aliphatic heterocycles. The first-order chi connectivity index (χ1) is 8.81. The van der Waals surface area contributed by atoms with Gasteiger partial charge >= 0.3 is 6.09 Å². The quantitative estimate of drug-likeness (QED) is 0.721. The normalized spacial score (nSPS) is 11.8. The third-order valence-corrected chi connectivity index (χ3v) is 3.50. The number of aromatic nitrogens is 1. The Bertz CT molecular complexity index is 623. The van der Waals surface area contributed by atoms with Crippen LogP contribution in [0.2, 0.25) is 0 Å². The van der Waals surface area contributed by atoms with E-state index >= 15 is 0 Å². The minimum Gasteiger partial charge on any atom is -0.443 e. The Kier molecular flexibility index (Phi) is 3.63. The van der Waals surface area contributed by atoms with Crippen LogP contribution in [0.1, 0.15) is 26.5 Å². The third kappa shape index (κ3) is 2.95. The first kappa shape index (κ1) is 14.0. The van der Waals surface area contributed by atoms with E-state index in [1.54, 1.807) is 16.3 Å². The first-order valence-electron chi connectivity index (χ1n) is 6.21. The van der Waals surface area contributed by atoms with E-state index in [4.69, 9.17) is 4.74 Å². The van der Waals surface area contributed by atoms with Crippen molar-refractivity contribution in [3.05, 3.63) is 30.0 Å². The molecule has 2 rings (SSSR count). The molecular weight excluding hydrogens is 258 g/mol. The van der Waals surface area contributed by atoms with Gasteiger partial charge in [0.05, 0.1) is 5.52 Å². The molecule has 0 aliphatic rings. The van der Waals surface area contributed by atoms with Crippen LogP contribution in [0.15, 0.2) is 29.2 Å². The molecule has 19 heavy (non-hydrogen) atoms. The van der Waals surface area contributed by atoms with Crippen molar-refractivity contribution < 1.29 is 9.53 Å². The average molecular weight is 277 g/mol. The number of carbonyl (C=O) groups excluding carboxylic acids is 1. The summed E-state index contributed by atoms with van der Waals surface area (Å²) in [6.45, 7) is 7.54. The van der Waals surface area contributed by atoms with E-state index in [1.165, 1.54) is 0 Å². The van der Waals surface area contributed by atoms with Gasteiger partial charge in [-0.25, -0.2) is 9.36 Å². The van der Waals surface area contributed by atoms with Gasteiger partial charge in [-0.1, -0.05) is 6.07 Å². The number of ether oxygens (including phenoxy) is 1. The summed E-state index contributed by atoms with van der Waals surface area (Å²) in [4.78, 5) is 13.4. The molecule has 0 radical (unpaired) electrons. The Morgan fingerprint density at radius 2 is 1.95 bits per heavy atom. The smallest absolute Gasteiger partial charge is 0.419 e. The summed E-state index contributed by atoms with van der Waals surface area (Å²) < 4.78 is 7.10. The molecule has 0 amide bonds. The van der Waals surface area contributed by atoms with E-state index < -0.39 is 5.60 Å². The lowest BCUT2D eigenvalue weighted by atomic mass is 10.2. The van der Waals surface area contributed by atoms with Crippen LogP contribution >= 0.6 is 11.8 Å². The second-order valence-corrected chi connectivity index (χ2v) is 6.41. The van der Waals surface area contributed by atoms with Gasteiger partial charge in [-0.3, -0.25) is 0 Å². The van der Waals surface area contributed by atoms with Crippen molar-refractivity contribution in [3.8, 4) is 0 Å². The summed E-state index contributed by atoms with van der Waals surface area (Å²) in [5.74, 6) is 0. The van der Waals surface area contributed by atoms with E-state index in [-0.39, 0.29) is 6.09 Å². The minimum atomic E-state index is -0.489. The number of hydrogen-bond donors (Lipinski definition) is 0. The largest absolute Gasteiger partial charge is 0.443 e. The molecule has 0 bridgehead atoms. The molecule has 1 heterocycles. The number of hydrogen-bond acceptors (Lipinski definition) is 3. The summed E-state index contributed by atoms with van der Waals surface area (Å²) in [5.41, 5.74) is 1.30. The lowest BCUT2D eigenvalue weighted by molar-refractivity contribution is 0.0541. The molecule has 102 valence electrons. The molecule has 4 heteroatoms. The van der Waals surface area contributed by atoms with E-state index in [0.29, 0.717) is 0 Å². The van der Waals surface area contributed by atoms with Crippen molar-refractivity contribution in [1.82, 2.24) is 4.57 Å². The van der Waals surface area contributed by atoms with Crippen LogP contribution in [0.4, 0.5) is 4.79 Å². The van der Waals surface area contributed by atoms with Crippen molar-refractivity contribution in [2.75, 3.05) is 6.26 Å². The predicted octanol–water partition coefficient (Wildman–Crippen LogP) is 4.45. The van der Waals surface area contributed by atoms with Gasteiger partial charge in [0.2, 0.25) is 0 Å². The van der Waals surface area contributed by atoms with Crippen LogP contribution in [0.3, 0.4) is 0 Å². The van der Waals surface area contributed by atoms with Crippen molar-refractivity contribution in [1.29, 1.82) is 0 Å². The van der Waals surface area contributed by atoms with Crippen molar-refractivity contribution >= 4 is 28.8 Å². The van der Waals surface area contributed by atoms with Crippen LogP contribution in [0.5, 0.6) is 0 Å². The van der Waals surface area contributed by atoms with Crippen LogP contribution < -0.4 is 0 Å². The lowest BCUT2D eigenvalue weighted by Crippen LogP contribution is -2.27. The highest BCUT2D eigenvalue weighted by molar-refractivity contribution is 7.98. The van der Waals surface area contributed by atoms with Crippen LogP contribution in [-0.4, -0.2) is 22.5 Å². The maximum Gasteiger partial charge on any atom is 0.419 e. The summed E-state index contributed by atoms with van der Waals surface area (Å²) in [6, 6.07) is 8.13. The molecule has 0 fully saturated rings. The highest BCUT2D eigenvalue weighted by Gasteiger charge is 2.20. The Labute approximate surface area is 117 Å². The zero-order valence-corrected chi connectivity index (χ0v) is 12.8. The van der Waals surface area contributed by atoms with Gasteiger partial charge in [-0.2, -0.15) is 0 Å². The van der Waals surface area contributed by atoms with Crippen LogP contribution in [-0.2, 0) is 4.74 Å². The van der Waals surface area contributed by atoms with E-state index in [1.807, 2.05) is 52.1 Å². The second kappa shape index (κ2) is 4.93.